The van der Waals surface area contributed by atoms with E-state index >= 15 is 0 Å². The van der Waals surface area contributed by atoms with Gasteiger partial charge >= 0.3 is 5.97 Å². The minimum Gasteiger partial charge on any atom is -0.455 e. The number of anilines is 1. The van der Waals surface area contributed by atoms with Crippen LogP contribution in [0.4, 0.5) is 11.4 Å². The van der Waals surface area contributed by atoms with Crippen molar-refractivity contribution in [1.29, 1.82) is 0 Å². The highest BCUT2D eigenvalue weighted by Crippen LogP contribution is 2.24. The van der Waals surface area contributed by atoms with Gasteiger partial charge in [0.05, 0.1) is 10.6 Å². The lowest BCUT2D eigenvalue weighted by Crippen LogP contribution is -2.25. The summed E-state index contributed by atoms with van der Waals surface area (Å²) in [4.78, 5) is 35.2. The molecule has 0 saturated carbocycles. The number of amides is 1. The number of carbonyl (C=O) groups is 2. The average Bonchev–Trinajstić information content (AvgIpc) is 2.62. The molecule has 1 atom stereocenters. The minimum atomic E-state index is -0.557. The summed E-state index contributed by atoms with van der Waals surface area (Å²) in [6, 6.07) is 13.5. The lowest BCUT2D eigenvalue weighted by molar-refractivity contribution is -0.384. The molecule has 136 valence electrons. The maximum atomic E-state index is 12.0. The summed E-state index contributed by atoms with van der Waals surface area (Å²) in [5.41, 5.74) is 0.853. The number of rotatable bonds is 7. The van der Waals surface area contributed by atoms with Crippen LogP contribution >= 0.6 is 11.8 Å². The number of carbonyl (C=O) groups excluding carboxylic acids is 2. The number of ether oxygens (including phenoxy) is 1. The zero-order valence-corrected chi connectivity index (χ0v) is 15.1. The molecule has 2 rings (SSSR count). The molecule has 0 radical (unpaired) electrons. The van der Waals surface area contributed by atoms with Gasteiger partial charge in [0.2, 0.25) is 0 Å². The molecule has 0 unspecified atom stereocenters. The molecule has 0 aliphatic rings. The van der Waals surface area contributed by atoms with E-state index in [1.807, 2.05) is 30.3 Å². The number of nitrogens with one attached hydrogen (secondary N) is 1. The maximum absolute atomic E-state index is 12.0. The van der Waals surface area contributed by atoms with E-state index in [9.17, 15) is 19.7 Å². The largest absolute Gasteiger partial charge is 0.455 e. The second-order valence-electron chi connectivity index (χ2n) is 5.49. The summed E-state index contributed by atoms with van der Waals surface area (Å²) in [6.45, 7) is 2.95. The Labute approximate surface area is 154 Å². The maximum Gasteiger partial charge on any atom is 0.319 e. The second-order valence-corrected chi connectivity index (χ2v) is 6.90. The summed E-state index contributed by atoms with van der Waals surface area (Å²) >= 11 is 1.33. The van der Waals surface area contributed by atoms with Gasteiger partial charge in [0, 0.05) is 17.0 Å². The smallest absolute Gasteiger partial charge is 0.319 e. The Morgan fingerprint density at radius 3 is 2.58 bits per heavy atom. The molecule has 0 fully saturated rings. The van der Waals surface area contributed by atoms with Crippen LogP contribution in [0.5, 0.6) is 0 Å². The number of nitro groups is 1. The Kier molecular flexibility index (Phi) is 6.74. The van der Waals surface area contributed by atoms with Gasteiger partial charge in [-0.2, -0.15) is 0 Å². The summed E-state index contributed by atoms with van der Waals surface area (Å²) < 4.78 is 5.02. The van der Waals surface area contributed by atoms with E-state index in [0.717, 1.165) is 4.90 Å². The molecule has 8 heteroatoms. The van der Waals surface area contributed by atoms with Crippen LogP contribution in [-0.4, -0.2) is 28.7 Å². The number of nitrogens with zero attached hydrogens (tertiary/aromatic N) is 1. The monoisotopic (exact) mass is 374 g/mol. The van der Waals surface area contributed by atoms with Crippen LogP contribution in [0, 0.1) is 17.0 Å². The number of non-ortho nitro benzene ring substituents is 1. The molecule has 0 spiro atoms. The number of nitro benzene ring substituents is 1. The molecule has 1 amide bonds. The zero-order chi connectivity index (χ0) is 19.1. The van der Waals surface area contributed by atoms with Crippen molar-refractivity contribution in [2.75, 3.05) is 11.9 Å². The number of esters is 1. The molecule has 0 heterocycles. The van der Waals surface area contributed by atoms with Gasteiger partial charge in [-0.25, -0.2) is 0 Å². The van der Waals surface area contributed by atoms with Crippen LogP contribution in [0.3, 0.4) is 0 Å². The fourth-order valence-corrected chi connectivity index (χ4v) is 2.94. The van der Waals surface area contributed by atoms with E-state index in [1.54, 1.807) is 19.9 Å². The van der Waals surface area contributed by atoms with E-state index in [0.29, 0.717) is 11.3 Å². The summed E-state index contributed by atoms with van der Waals surface area (Å²) in [7, 11) is 0. The predicted molar refractivity (Wildman–Crippen MR) is 99.2 cm³/mol. The quantitative estimate of drug-likeness (QED) is 0.344. The summed E-state index contributed by atoms with van der Waals surface area (Å²) in [6.07, 6.45) is 0. The third-order valence-corrected chi connectivity index (χ3v) is 4.53. The van der Waals surface area contributed by atoms with Crippen LogP contribution in [0.25, 0.3) is 0 Å². The van der Waals surface area contributed by atoms with Crippen LogP contribution in [0.15, 0.2) is 53.4 Å². The topological polar surface area (TPSA) is 98.5 Å². The van der Waals surface area contributed by atoms with Crippen LogP contribution in [0.2, 0.25) is 0 Å². The number of aryl methyl sites for hydroxylation is 1. The first-order valence-corrected chi connectivity index (χ1v) is 8.68. The van der Waals surface area contributed by atoms with Gasteiger partial charge in [-0.15, -0.1) is 11.8 Å². The van der Waals surface area contributed by atoms with Crippen molar-refractivity contribution in [3.8, 4) is 0 Å². The van der Waals surface area contributed by atoms with E-state index < -0.39 is 28.7 Å². The van der Waals surface area contributed by atoms with Gasteiger partial charge in [0.15, 0.2) is 6.61 Å². The average molecular weight is 374 g/mol. The SMILES string of the molecule is Cc1ccc([N+](=O)[O-])cc1NC(=O)COC(=O)[C@H](C)Sc1ccccc1. The van der Waals surface area contributed by atoms with Crippen LogP contribution in [-0.2, 0) is 14.3 Å². The molecule has 0 aromatic heterocycles. The first-order chi connectivity index (χ1) is 12.4. The molecule has 2 aromatic carbocycles. The minimum absolute atomic E-state index is 0.129. The number of hydrogen-bond acceptors (Lipinski definition) is 6. The van der Waals surface area contributed by atoms with Crippen molar-refractivity contribution in [2.24, 2.45) is 0 Å². The highest BCUT2D eigenvalue weighted by atomic mass is 32.2. The van der Waals surface area contributed by atoms with Gasteiger partial charge in [0.25, 0.3) is 11.6 Å². The number of thioether (sulfide) groups is 1. The lowest BCUT2D eigenvalue weighted by atomic mass is 10.2. The molecule has 1 N–H and O–H groups in total. The Morgan fingerprint density at radius 2 is 1.92 bits per heavy atom. The van der Waals surface area contributed by atoms with Gasteiger partial charge in [-0.05, 0) is 31.5 Å². The molecular weight excluding hydrogens is 356 g/mol. The van der Waals surface area contributed by atoms with Crippen molar-refractivity contribution in [3.05, 3.63) is 64.2 Å². The molecule has 0 bridgehead atoms. The van der Waals surface area contributed by atoms with Gasteiger partial charge < -0.3 is 10.1 Å². The zero-order valence-electron chi connectivity index (χ0n) is 14.3. The third kappa shape index (κ3) is 5.59. The molecule has 7 nitrogen and oxygen atoms in total. The van der Waals surface area contributed by atoms with Crippen molar-refractivity contribution in [2.45, 2.75) is 24.0 Å². The molecule has 2 aromatic rings. The van der Waals surface area contributed by atoms with E-state index in [1.165, 1.54) is 23.9 Å². The standard InChI is InChI=1S/C18H18N2O5S/c1-12-8-9-14(20(23)24)10-16(12)19-17(21)11-25-18(22)13(2)26-15-6-4-3-5-7-15/h3-10,13H,11H2,1-2H3,(H,19,21)/t13-/m0/s1. The Balaban J connectivity index is 1.87. The van der Waals surface area contributed by atoms with Crippen molar-refractivity contribution in [3.63, 3.8) is 0 Å². The molecule has 26 heavy (non-hydrogen) atoms. The van der Waals surface area contributed by atoms with Crippen LogP contribution < -0.4 is 5.32 Å². The normalized spacial score (nSPS) is 11.5. The first kappa shape index (κ1) is 19.5. The summed E-state index contributed by atoms with van der Waals surface area (Å²) in [5, 5.41) is 12.9. The predicted octanol–water partition coefficient (Wildman–Crippen LogP) is 3.57. The highest BCUT2D eigenvalue weighted by Gasteiger charge is 2.18. The Hall–Kier alpha value is -2.87. The Morgan fingerprint density at radius 1 is 1.23 bits per heavy atom. The van der Waals surface area contributed by atoms with Gasteiger partial charge in [-0.1, -0.05) is 24.3 Å². The second kappa shape index (κ2) is 9.00. The van der Waals surface area contributed by atoms with Gasteiger partial charge in [0.1, 0.15) is 5.25 Å². The van der Waals surface area contributed by atoms with E-state index in [4.69, 9.17) is 4.74 Å². The summed E-state index contributed by atoms with van der Waals surface area (Å²) in [5.74, 6) is -1.07. The van der Waals surface area contributed by atoms with Crippen molar-refractivity contribution in [1.82, 2.24) is 0 Å². The lowest BCUT2D eigenvalue weighted by Gasteiger charge is -2.12. The van der Waals surface area contributed by atoms with E-state index in [-0.39, 0.29) is 5.69 Å². The van der Waals surface area contributed by atoms with Crippen LogP contribution in [0.1, 0.15) is 12.5 Å². The van der Waals surface area contributed by atoms with Crippen molar-refractivity contribution >= 4 is 35.0 Å². The fourth-order valence-electron chi connectivity index (χ4n) is 2.05. The van der Waals surface area contributed by atoms with Gasteiger partial charge in [-0.3, -0.25) is 19.7 Å². The molecule has 0 saturated heterocycles. The molecule has 0 aliphatic carbocycles. The first-order valence-electron chi connectivity index (χ1n) is 7.80. The highest BCUT2D eigenvalue weighted by molar-refractivity contribution is 8.00. The fraction of sp³-hybridized carbons (Fsp3) is 0.222. The number of benzene rings is 2. The third-order valence-electron chi connectivity index (χ3n) is 3.44. The molecular formula is C18H18N2O5S. The number of hydrogen-bond donors (Lipinski definition) is 1. The Bertz CT molecular complexity index is 810. The van der Waals surface area contributed by atoms with Crippen molar-refractivity contribution < 1.29 is 19.2 Å². The molecule has 0 aliphatic heterocycles. The van der Waals surface area contributed by atoms with E-state index in [2.05, 4.69) is 5.32 Å².